The van der Waals surface area contributed by atoms with Crippen molar-refractivity contribution in [2.75, 3.05) is 12.5 Å². The minimum Gasteiger partial charge on any atom is -0.465 e. The first kappa shape index (κ1) is 12.2. The summed E-state index contributed by atoms with van der Waals surface area (Å²) < 4.78 is 10.7. The highest BCUT2D eigenvalue weighted by Gasteiger charge is 2.52. The summed E-state index contributed by atoms with van der Waals surface area (Å²) in [5, 5.41) is 0. The molecule has 2 fully saturated rings. The van der Waals surface area contributed by atoms with Crippen LogP contribution in [0.2, 0.25) is 0 Å². The first-order valence-corrected chi connectivity index (χ1v) is 6.58. The highest BCUT2D eigenvalue weighted by Crippen LogP contribution is 2.46. The Kier molecular flexibility index (Phi) is 3.75. The van der Waals surface area contributed by atoms with Gasteiger partial charge in [-0.2, -0.15) is 0 Å². The number of unbranched alkanes of at least 4 members (excludes halogenated alkanes) is 1. The van der Waals surface area contributed by atoms with Crippen LogP contribution in [0.1, 0.15) is 39.0 Å². The van der Waals surface area contributed by atoms with Crippen molar-refractivity contribution >= 4 is 17.6 Å². The van der Waals surface area contributed by atoms with E-state index >= 15 is 0 Å². The van der Waals surface area contributed by atoms with Crippen molar-refractivity contribution in [2.24, 2.45) is 5.41 Å². The van der Waals surface area contributed by atoms with Crippen molar-refractivity contribution in [3.05, 3.63) is 0 Å². The Morgan fingerprint density at radius 3 is 3.00 bits per heavy atom. The van der Waals surface area contributed by atoms with E-state index in [2.05, 4.69) is 0 Å². The number of fused-ring (bicyclic) bond motifs is 1. The van der Waals surface area contributed by atoms with Gasteiger partial charge in [0.1, 0.15) is 0 Å². The molecule has 1 saturated carbocycles. The third-order valence-corrected chi connectivity index (χ3v) is 3.84. The molecule has 16 heavy (non-hydrogen) atoms. The van der Waals surface area contributed by atoms with Crippen molar-refractivity contribution in [3.8, 4) is 0 Å². The molecule has 0 aromatic rings. The zero-order valence-corrected chi connectivity index (χ0v) is 10.5. The molecule has 0 N–H and O–H groups in total. The van der Waals surface area contributed by atoms with Crippen LogP contribution in [-0.4, -0.2) is 30.7 Å². The van der Waals surface area contributed by atoms with Crippen LogP contribution in [0.15, 0.2) is 0 Å². The number of halogens is 1. The molecule has 0 spiro atoms. The van der Waals surface area contributed by atoms with Gasteiger partial charge >= 0.3 is 5.97 Å². The van der Waals surface area contributed by atoms with Crippen molar-refractivity contribution in [1.82, 2.24) is 0 Å². The molecule has 3 atom stereocenters. The molecule has 0 amide bonds. The predicted molar refractivity (Wildman–Crippen MR) is 61.5 cm³/mol. The maximum absolute atomic E-state index is 11.9. The molecule has 0 radical (unpaired) electrons. The smallest absolute Gasteiger partial charge is 0.311 e. The molecule has 0 bridgehead atoms. The number of hydrogen-bond acceptors (Lipinski definition) is 3. The molecule has 3 unspecified atom stereocenters. The van der Waals surface area contributed by atoms with Gasteiger partial charge in [-0.3, -0.25) is 4.79 Å². The van der Waals surface area contributed by atoms with E-state index in [-0.39, 0.29) is 11.4 Å². The van der Waals surface area contributed by atoms with Crippen molar-refractivity contribution in [2.45, 2.75) is 51.2 Å². The second kappa shape index (κ2) is 4.92. The van der Waals surface area contributed by atoms with E-state index in [9.17, 15) is 4.79 Å². The van der Waals surface area contributed by atoms with Crippen molar-refractivity contribution in [1.29, 1.82) is 0 Å². The summed E-state index contributed by atoms with van der Waals surface area (Å²) in [6.45, 7) is 2.49. The summed E-state index contributed by atoms with van der Waals surface area (Å²) in [7, 11) is 0. The number of carbonyl (C=O) groups is 1. The van der Waals surface area contributed by atoms with Crippen LogP contribution >= 0.6 is 11.6 Å². The van der Waals surface area contributed by atoms with Gasteiger partial charge in [-0.05, 0) is 39.0 Å². The first-order chi connectivity index (χ1) is 7.65. The zero-order valence-electron chi connectivity index (χ0n) is 9.71. The van der Waals surface area contributed by atoms with Gasteiger partial charge in [0.25, 0.3) is 0 Å². The van der Waals surface area contributed by atoms with Crippen molar-refractivity contribution < 1.29 is 14.3 Å². The van der Waals surface area contributed by atoms with Gasteiger partial charge in [-0.1, -0.05) is 0 Å². The third-order valence-electron chi connectivity index (χ3n) is 3.57. The highest BCUT2D eigenvalue weighted by molar-refractivity contribution is 6.17. The first-order valence-electron chi connectivity index (χ1n) is 6.04. The lowest BCUT2D eigenvalue weighted by atomic mass is 9.76. The Hall–Kier alpha value is -0.280. The fraction of sp³-hybridized carbons (Fsp3) is 0.917. The molecule has 2 aliphatic rings. The molecule has 92 valence electrons. The number of rotatable bonds is 5. The van der Waals surface area contributed by atoms with Crippen LogP contribution in [0.4, 0.5) is 0 Å². The summed E-state index contributed by atoms with van der Waals surface area (Å²) in [4.78, 5) is 11.9. The lowest BCUT2D eigenvalue weighted by Gasteiger charge is -2.28. The van der Waals surface area contributed by atoms with Gasteiger partial charge in [0.15, 0.2) is 0 Å². The Balaban J connectivity index is 1.74. The molecule has 1 aliphatic carbocycles. The quantitative estimate of drug-likeness (QED) is 0.324. The molecule has 1 aliphatic heterocycles. The minimum atomic E-state index is -0.321. The molecular weight excluding hydrogens is 228 g/mol. The van der Waals surface area contributed by atoms with E-state index in [1.165, 1.54) is 0 Å². The van der Waals surface area contributed by atoms with Crippen LogP contribution in [0.5, 0.6) is 0 Å². The molecule has 0 aromatic heterocycles. The van der Waals surface area contributed by atoms with Crippen LogP contribution < -0.4 is 0 Å². The summed E-state index contributed by atoms with van der Waals surface area (Å²) in [5.74, 6) is 0.572. The van der Waals surface area contributed by atoms with E-state index in [1.54, 1.807) is 0 Å². The number of epoxide rings is 1. The Morgan fingerprint density at radius 2 is 2.31 bits per heavy atom. The van der Waals surface area contributed by atoms with E-state index in [1.807, 2.05) is 6.92 Å². The molecule has 3 nitrogen and oxygen atoms in total. The topological polar surface area (TPSA) is 38.8 Å². The van der Waals surface area contributed by atoms with Crippen LogP contribution in [0.25, 0.3) is 0 Å². The Morgan fingerprint density at radius 1 is 1.50 bits per heavy atom. The standard InChI is InChI=1S/C12H19ClO3/c1-12(5-4-9-10(8-12)16-9)11(14)15-7-3-2-6-13/h9-10H,2-8H2,1H3. The van der Waals surface area contributed by atoms with Gasteiger partial charge in [0, 0.05) is 5.88 Å². The van der Waals surface area contributed by atoms with E-state index in [0.717, 1.165) is 32.1 Å². The number of esters is 1. The minimum absolute atomic E-state index is 0.0592. The maximum Gasteiger partial charge on any atom is 0.311 e. The second-order valence-electron chi connectivity index (χ2n) is 5.05. The average Bonchev–Trinajstić information content (AvgIpc) is 3.02. The fourth-order valence-corrected chi connectivity index (χ4v) is 2.53. The van der Waals surface area contributed by atoms with Gasteiger partial charge in [0.2, 0.25) is 0 Å². The van der Waals surface area contributed by atoms with Crippen LogP contribution in [0, 0.1) is 5.41 Å². The molecule has 1 heterocycles. The largest absolute Gasteiger partial charge is 0.465 e. The Labute approximate surface area is 101 Å². The van der Waals surface area contributed by atoms with Crippen LogP contribution in [-0.2, 0) is 14.3 Å². The predicted octanol–water partition coefficient (Wildman–Crippen LogP) is 2.51. The molecule has 0 aromatic carbocycles. The van der Waals surface area contributed by atoms with Gasteiger partial charge in [0.05, 0.1) is 24.2 Å². The lowest BCUT2D eigenvalue weighted by molar-refractivity contribution is -0.156. The van der Waals surface area contributed by atoms with E-state index < -0.39 is 0 Å². The van der Waals surface area contributed by atoms with Gasteiger partial charge in [-0.25, -0.2) is 0 Å². The lowest BCUT2D eigenvalue weighted by Crippen LogP contribution is -2.35. The molecular formula is C12H19ClO3. The SMILES string of the molecule is CC1(C(=O)OCCCCCl)CCC2OC2C1. The fourth-order valence-electron chi connectivity index (χ4n) is 2.34. The van der Waals surface area contributed by atoms with Gasteiger partial charge < -0.3 is 9.47 Å². The van der Waals surface area contributed by atoms with E-state index in [0.29, 0.717) is 24.7 Å². The summed E-state index contributed by atoms with van der Waals surface area (Å²) >= 11 is 5.56. The molecule has 2 rings (SSSR count). The number of ether oxygens (including phenoxy) is 2. The van der Waals surface area contributed by atoms with Crippen LogP contribution in [0.3, 0.4) is 0 Å². The highest BCUT2D eigenvalue weighted by atomic mass is 35.5. The number of alkyl halides is 1. The normalized spacial score (nSPS) is 36.6. The Bertz CT molecular complexity index is 269. The molecule has 1 saturated heterocycles. The monoisotopic (exact) mass is 246 g/mol. The summed E-state index contributed by atoms with van der Waals surface area (Å²) in [5.41, 5.74) is -0.321. The van der Waals surface area contributed by atoms with Gasteiger partial charge in [-0.15, -0.1) is 11.6 Å². The summed E-state index contributed by atoms with van der Waals surface area (Å²) in [6, 6.07) is 0. The molecule has 4 heteroatoms. The maximum atomic E-state index is 11.9. The number of hydrogen-bond donors (Lipinski definition) is 0. The zero-order chi connectivity index (χ0) is 11.6. The van der Waals surface area contributed by atoms with E-state index in [4.69, 9.17) is 21.1 Å². The third kappa shape index (κ3) is 2.69. The second-order valence-corrected chi connectivity index (χ2v) is 5.43. The average molecular weight is 247 g/mol. The van der Waals surface area contributed by atoms with Crippen molar-refractivity contribution in [3.63, 3.8) is 0 Å². The summed E-state index contributed by atoms with van der Waals surface area (Å²) in [6.07, 6.45) is 5.21. The number of carbonyl (C=O) groups excluding carboxylic acids is 1.